The van der Waals surface area contributed by atoms with E-state index in [4.69, 9.17) is 18.9 Å². The van der Waals surface area contributed by atoms with Crippen LogP contribution >= 0.6 is 0 Å². The number of carbonyl (C=O) groups excluding carboxylic acids is 1. The van der Waals surface area contributed by atoms with E-state index in [1.807, 2.05) is 0 Å². The van der Waals surface area contributed by atoms with Crippen molar-refractivity contribution in [2.45, 2.75) is 357 Å². The molecule has 92 heavy (non-hydrogen) atoms. The molecule has 0 saturated carbocycles. The number of unbranched alkanes of at least 4 members (excludes halogenated alkanes) is 29. The van der Waals surface area contributed by atoms with Crippen molar-refractivity contribution in [3.05, 3.63) is 109 Å². The summed E-state index contributed by atoms with van der Waals surface area (Å²) < 4.78 is 22.9. The second-order valence-electron chi connectivity index (χ2n) is 25.7. The zero-order valence-electron chi connectivity index (χ0n) is 57.8. The first kappa shape index (κ1) is 84.7. The lowest BCUT2D eigenvalue weighted by atomic mass is 9.97. The van der Waals surface area contributed by atoms with Gasteiger partial charge in [0.15, 0.2) is 12.6 Å². The van der Waals surface area contributed by atoms with E-state index in [1.54, 1.807) is 0 Å². The fourth-order valence-corrected chi connectivity index (χ4v) is 11.6. The van der Waals surface area contributed by atoms with Gasteiger partial charge < -0.3 is 65.1 Å². The lowest BCUT2D eigenvalue weighted by Gasteiger charge is -2.46. The third-order valence-corrected chi connectivity index (χ3v) is 17.5. The standard InChI is InChI=1S/C78H135NO13/c1-3-5-7-9-11-13-15-17-19-21-23-25-27-29-31-32-33-34-36-38-40-42-44-46-48-50-52-54-56-58-60-62-70(83)79-66(65-89-77-75(88)73(86)76(69(64-81)91-77)92-78-74(87)72(85)71(84)68(63-80)90-78)67(82)61-59-57-55-53-51-49-47-45-43-41-39-37-35-30-28-26-24-22-20-18-16-14-12-10-8-6-4-2/h5,7,11,13,17,19,23,25,29,31,33-34,38,40,44,46,50,52,66-69,71-78,80-82,84-88H,3-4,6,8-10,12,14-16,18,20-22,24,26-28,30,32,35-37,39,41-43,45,47-49,51,53-65H2,1-2H3,(H,79,83)/b7-5-,13-11-,19-17-,25-23-,31-29-,34-33-,40-38-,46-44-,52-50-. The van der Waals surface area contributed by atoms with Crippen molar-refractivity contribution in [1.82, 2.24) is 5.32 Å². The smallest absolute Gasteiger partial charge is 0.220 e. The van der Waals surface area contributed by atoms with Crippen molar-refractivity contribution >= 4 is 5.91 Å². The van der Waals surface area contributed by atoms with Crippen LogP contribution in [0.15, 0.2) is 109 Å². The van der Waals surface area contributed by atoms with Gasteiger partial charge in [0.05, 0.1) is 32.0 Å². The Kier molecular flexibility index (Phi) is 56.4. The first-order chi connectivity index (χ1) is 45.1. The quantitative estimate of drug-likeness (QED) is 0.0204. The van der Waals surface area contributed by atoms with Gasteiger partial charge >= 0.3 is 0 Å². The number of aliphatic hydroxyl groups is 8. The number of ether oxygens (including phenoxy) is 4. The van der Waals surface area contributed by atoms with Crippen LogP contribution in [0.25, 0.3) is 0 Å². The van der Waals surface area contributed by atoms with E-state index in [9.17, 15) is 45.6 Å². The Labute approximate surface area is 559 Å². The normalized spacial score (nSPS) is 23.3. The Morgan fingerprint density at radius 2 is 0.750 bits per heavy atom. The van der Waals surface area contributed by atoms with Gasteiger partial charge in [0.2, 0.25) is 5.91 Å². The number of carbonyl (C=O) groups is 1. The molecule has 0 radical (unpaired) electrons. The minimum atomic E-state index is -1.79. The molecular weight excluding hydrogens is 1160 g/mol. The first-order valence-corrected chi connectivity index (χ1v) is 37.1. The van der Waals surface area contributed by atoms with Crippen LogP contribution < -0.4 is 5.32 Å². The van der Waals surface area contributed by atoms with Gasteiger partial charge in [-0.05, 0) is 83.5 Å². The van der Waals surface area contributed by atoms with Crippen LogP contribution in [-0.4, -0.2) is 140 Å². The summed E-state index contributed by atoms with van der Waals surface area (Å²) in [6.07, 6.45) is 71.0. The Bertz CT molecular complexity index is 1960. The molecule has 1 amide bonds. The van der Waals surface area contributed by atoms with Gasteiger partial charge in [-0.25, -0.2) is 0 Å². The molecular formula is C78H135NO13. The summed E-state index contributed by atoms with van der Waals surface area (Å²) in [5, 5.41) is 87.7. The average Bonchev–Trinajstić information content (AvgIpc) is 0.844. The van der Waals surface area contributed by atoms with E-state index in [0.29, 0.717) is 12.8 Å². The predicted octanol–water partition coefficient (Wildman–Crippen LogP) is 15.9. The Balaban J connectivity index is 1.69. The molecule has 0 aromatic carbocycles. The topological polar surface area (TPSA) is 228 Å². The lowest BCUT2D eigenvalue weighted by Crippen LogP contribution is -2.65. The third kappa shape index (κ3) is 44.4. The molecule has 0 spiro atoms. The fourth-order valence-electron chi connectivity index (χ4n) is 11.6. The van der Waals surface area contributed by atoms with Crippen LogP contribution in [0.1, 0.15) is 284 Å². The maximum atomic E-state index is 13.4. The maximum absolute atomic E-state index is 13.4. The van der Waals surface area contributed by atoms with Crippen LogP contribution in [0.5, 0.6) is 0 Å². The number of hydrogen-bond acceptors (Lipinski definition) is 13. The molecule has 530 valence electrons. The molecule has 2 aliphatic heterocycles. The van der Waals surface area contributed by atoms with Crippen molar-refractivity contribution in [3.63, 3.8) is 0 Å². The molecule has 2 fully saturated rings. The van der Waals surface area contributed by atoms with Crippen LogP contribution in [-0.2, 0) is 23.7 Å². The summed E-state index contributed by atoms with van der Waals surface area (Å²) in [7, 11) is 0. The second-order valence-corrected chi connectivity index (χ2v) is 25.7. The zero-order chi connectivity index (χ0) is 66.6. The van der Waals surface area contributed by atoms with Crippen LogP contribution in [0.2, 0.25) is 0 Å². The van der Waals surface area contributed by atoms with E-state index in [-0.39, 0.29) is 18.9 Å². The van der Waals surface area contributed by atoms with Gasteiger partial charge in [0.1, 0.15) is 48.8 Å². The predicted molar refractivity (Wildman–Crippen MR) is 378 cm³/mol. The van der Waals surface area contributed by atoms with Crippen LogP contribution in [0, 0.1) is 0 Å². The molecule has 2 saturated heterocycles. The Morgan fingerprint density at radius 1 is 0.402 bits per heavy atom. The van der Waals surface area contributed by atoms with Crippen LogP contribution in [0.3, 0.4) is 0 Å². The zero-order valence-corrected chi connectivity index (χ0v) is 57.8. The molecule has 2 heterocycles. The van der Waals surface area contributed by atoms with E-state index < -0.39 is 86.8 Å². The van der Waals surface area contributed by atoms with Crippen molar-refractivity contribution in [2.75, 3.05) is 19.8 Å². The Hall–Kier alpha value is -3.35. The van der Waals surface area contributed by atoms with Crippen LogP contribution in [0.4, 0.5) is 0 Å². The minimum absolute atomic E-state index is 0.240. The van der Waals surface area contributed by atoms with Gasteiger partial charge in [-0.3, -0.25) is 4.79 Å². The molecule has 14 heteroatoms. The van der Waals surface area contributed by atoms with E-state index in [1.165, 1.54) is 148 Å². The Morgan fingerprint density at radius 3 is 1.14 bits per heavy atom. The molecule has 12 unspecified atom stereocenters. The summed E-state index contributed by atoms with van der Waals surface area (Å²) in [5.41, 5.74) is 0. The van der Waals surface area contributed by atoms with Gasteiger partial charge in [-0.2, -0.15) is 0 Å². The maximum Gasteiger partial charge on any atom is 0.220 e. The van der Waals surface area contributed by atoms with E-state index in [0.717, 1.165) is 103 Å². The molecule has 2 aliphatic rings. The monoisotopic (exact) mass is 1290 g/mol. The highest BCUT2D eigenvalue weighted by molar-refractivity contribution is 5.76. The van der Waals surface area contributed by atoms with Gasteiger partial charge in [-0.15, -0.1) is 0 Å². The molecule has 2 rings (SSSR count). The number of nitrogens with one attached hydrogen (secondary N) is 1. The molecule has 14 nitrogen and oxygen atoms in total. The molecule has 0 bridgehead atoms. The van der Waals surface area contributed by atoms with Crippen molar-refractivity contribution in [1.29, 1.82) is 0 Å². The highest BCUT2D eigenvalue weighted by atomic mass is 16.7. The van der Waals surface area contributed by atoms with E-state index in [2.05, 4.69) is 129 Å². The fraction of sp³-hybridized carbons (Fsp3) is 0.756. The minimum Gasteiger partial charge on any atom is -0.394 e. The van der Waals surface area contributed by atoms with Crippen molar-refractivity contribution in [3.8, 4) is 0 Å². The average molecular weight is 1290 g/mol. The molecule has 0 aromatic rings. The summed E-state index contributed by atoms with van der Waals surface area (Å²) in [5.74, 6) is -0.240. The highest BCUT2D eigenvalue weighted by Crippen LogP contribution is 2.30. The number of aliphatic hydroxyl groups excluding tert-OH is 8. The summed E-state index contributed by atoms with van der Waals surface area (Å²) in [6.45, 7) is 2.75. The second kappa shape index (κ2) is 61.3. The molecule has 0 aliphatic carbocycles. The molecule has 12 atom stereocenters. The van der Waals surface area contributed by atoms with Gasteiger partial charge in [-0.1, -0.05) is 303 Å². The number of rotatable bonds is 60. The van der Waals surface area contributed by atoms with Crippen molar-refractivity contribution in [2.24, 2.45) is 0 Å². The lowest BCUT2D eigenvalue weighted by molar-refractivity contribution is -0.359. The third-order valence-electron chi connectivity index (χ3n) is 17.5. The summed E-state index contributed by atoms with van der Waals surface area (Å²) >= 11 is 0. The van der Waals surface area contributed by atoms with E-state index >= 15 is 0 Å². The SMILES string of the molecule is CC/C=C\C/C=C\C/C=C\C/C=C\C/C=C\C/C=C\C/C=C\C/C=C\C/C=C\CCCCCC(=O)NC(COC1OC(CO)C(OC2OC(CO)C(O)C(O)C2O)C(O)C1O)C(O)CCCCCCCCCCCCCCCCCCCCCCCCCCCCC. The largest absolute Gasteiger partial charge is 0.394 e. The van der Waals surface area contributed by atoms with Gasteiger partial charge in [0.25, 0.3) is 0 Å². The summed E-state index contributed by atoms with van der Waals surface area (Å²) in [4.78, 5) is 13.4. The number of allylic oxidation sites excluding steroid dienone is 18. The van der Waals surface area contributed by atoms with Gasteiger partial charge in [0, 0.05) is 6.42 Å². The number of hydrogen-bond donors (Lipinski definition) is 9. The van der Waals surface area contributed by atoms with Crippen molar-refractivity contribution < 1.29 is 64.6 Å². The molecule has 9 N–H and O–H groups in total. The number of amides is 1. The summed E-state index contributed by atoms with van der Waals surface area (Å²) in [6, 6.07) is -0.857. The first-order valence-electron chi connectivity index (χ1n) is 37.1. The highest BCUT2D eigenvalue weighted by Gasteiger charge is 2.51. The molecule has 0 aromatic heterocycles.